The van der Waals surface area contributed by atoms with Gasteiger partial charge in [0.1, 0.15) is 4.60 Å². The number of pyridine rings is 1. The number of rotatable bonds is 3. The largest absolute Gasteiger partial charge is 0.322 e. The summed E-state index contributed by atoms with van der Waals surface area (Å²) < 4.78 is 23.3. The van der Waals surface area contributed by atoms with Gasteiger partial charge in [-0.2, -0.15) is 0 Å². The Labute approximate surface area is 130 Å². The third kappa shape index (κ3) is 3.46. The molecular formula is C13H12BrN3O3S. The van der Waals surface area contributed by atoms with E-state index in [0.717, 1.165) is 0 Å². The molecule has 0 bridgehead atoms. The summed E-state index contributed by atoms with van der Waals surface area (Å²) in [5.74, 6) is -0.398. The van der Waals surface area contributed by atoms with E-state index in [-0.39, 0.29) is 4.90 Å². The molecule has 0 radical (unpaired) electrons. The predicted octanol–water partition coefficient (Wildman–Crippen LogP) is 2.05. The van der Waals surface area contributed by atoms with Crippen LogP contribution >= 0.6 is 15.9 Å². The number of hydrogen-bond donors (Lipinski definition) is 2. The molecule has 2 aromatic rings. The SMILES string of the molecule is Cc1c(NC(=O)c2cccnc2Br)cccc1S(N)(=O)=O. The van der Waals surface area contributed by atoms with E-state index in [2.05, 4.69) is 26.2 Å². The van der Waals surface area contributed by atoms with Gasteiger partial charge < -0.3 is 5.32 Å². The summed E-state index contributed by atoms with van der Waals surface area (Å²) >= 11 is 3.19. The summed E-state index contributed by atoms with van der Waals surface area (Å²) in [5, 5.41) is 7.79. The number of aromatic nitrogens is 1. The van der Waals surface area contributed by atoms with Crippen LogP contribution in [0.1, 0.15) is 15.9 Å². The lowest BCUT2D eigenvalue weighted by Crippen LogP contribution is -2.17. The topological polar surface area (TPSA) is 102 Å². The van der Waals surface area contributed by atoms with Crippen molar-refractivity contribution in [2.75, 3.05) is 5.32 Å². The first-order valence-electron chi connectivity index (χ1n) is 5.85. The number of primary sulfonamides is 1. The summed E-state index contributed by atoms with van der Waals surface area (Å²) in [6, 6.07) is 7.74. The molecule has 3 N–H and O–H groups in total. The molecule has 2 rings (SSSR count). The van der Waals surface area contributed by atoms with Gasteiger partial charge in [0.05, 0.1) is 10.5 Å². The Kier molecular flexibility index (Phi) is 4.40. The minimum absolute atomic E-state index is 0.0226. The summed E-state index contributed by atoms with van der Waals surface area (Å²) in [7, 11) is -3.84. The smallest absolute Gasteiger partial charge is 0.258 e. The zero-order valence-corrected chi connectivity index (χ0v) is 13.4. The normalized spacial score (nSPS) is 11.2. The first-order chi connectivity index (χ1) is 9.80. The average molecular weight is 370 g/mol. The molecule has 0 fully saturated rings. The van der Waals surface area contributed by atoms with Gasteiger partial charge in [-0.3, -0.25) is 4.79 Å². The van der Waals surface area contributed by atoms with Crippen LogP contribution in [0.25, 0.3) is 0 Å². The minimum Gasteiger partial charge on any atom is -0.322 e. The van der Waals surface area contributed by atoms with Crippen molar-refractivity contribution in [3.05, 3.63) is 52.3 Å². The van der Waals surface area contributed by atoms with Gasteiger partial charge in [-0.15, -0.1) is 0 Å². The zero-order chi connectivity index (χ0) is 15.6. The Balaban J connectivity index is 2.37. The van der Waals surface area contributed by atoms with Crippen molar-refractivity contribution in [1.29, 1.82) is 0 Å². The van der Waals surface area contributed by atoms with Crippen molar-refractivity contribution in [3.63, 3.8) is 0 Å². The number of nitrogens with one attached hydrogen (secondary N) is 1. The van der Waals surface area contributed by atoms with Crippen LogP contribution in [0.3, 0.4) is 0 Å². The number of hydrogen-bond acceptors (Lipinski definition) is 4. The highest BCUT2D eigenvalue weighted by molar-refractivity contribution is 9.10. The highest BCUT2D eigenvalue weighted by atomic mass is 79.9. The third-order valence-corrected chi connectivity index (χ3v) is 4.53. The van der Waals surface area contributed by atoms with Gasteiger partial charge in [0, 0.05) is 11.9 Å². The van der Waals surface area contributed by atoms with Crippen molar-refractivity contribution in [1.82, 2.24) is 4.98 Å². The van der Waals surface area contributed by atoms with Gasteiger partial charge in [0.2, 0.25) is 10.0 Å². The third-order valence-electron chi connectivity index (χ3n) is 2.84. The molecule has 0 atom stereocenters. The van der Waals surface area contributed by atoms with Crippen molar-refractivity contribution in [2.24, 2.45) is 5.14 Å². The van der Waals surface area contributed by atoms with E-state index in [0.29, 0.717) is 21.4 Å². The number of nitrogens with zero attached hydrogens (tertiary/aromatic N) is 1. The monoisotopic (exact) mass is 369 g/mol. The van der Waals surface area contributed by atoms with Gasteiger partial charge in [-0.25, -0.2) is 18.5 Å². The number of nitrogens with two attached hydrogens (primary N) is 1. The lowest BCUT2D eigenvalue weighted by atomic mass is 10.2. The maximum atomic E-state index is 12.2. The molecule has 6 nitrogen and oxygen atoms in total. The fraction of sp³-hybridized carbons (Fsp3) is 0.0769. The number of anilines is 1. The maximum absolute atomic E-state index is 12.2. The lowest BCUT2D eigenvalue weighted by molar-refractivity contribution is 0.102. The van der Waals surface area contributed by atoms with Crippen LogP contribution in [-0.2, 0) is 10.0 Å². The predicted molar refractivity (Wildman–Crippen MR) is 82.4 cm³/mol. The highest BCUT2D eigenvalue weighted by Crippen LogP contribution is 2.23. The Morgan fingerprint density at radius 2 is 2.00 bits per heavy atom. The Bertz CT molecular complexity index is 806. The molecule has 110 valence electrons. The second-order valence-corrected chi connectivity index (χ2v) is 6.55. The van der Waals surface area contributed by atoms with Crippen molar-refractivity contribution in [2.45, 2.75) is 11.8 Å². The average Bonchev–Trinajstić information content (AvgIpc) is 2.40. The quantitative estimate of drug-likeness (QED) is 0.808. The molecule has 0 saturated carbocycles. The zero-order valence-electron chi connectivity index (χ0n) is 11.0. The number of carbonyl (C=O) groups excluding carboxylic acids is 1. The molecule has 0 unspecified atom stereocenters. The molecule has 1 aromatic heterocycles. The van der Waals surface area contributed by atoms with Crippen LogP contribution in [0.5, 0.6) is 0 Å². The maximum Gasteiger partial charge on any atom is 0.258 e. The van der Waals surface area contributed by atoms with E-state index < -0.39 is 15.9 Å². The number of carbonyl (C=O) groups is 1. The van der Waals surface area contributed by atoms with Gasteiger partial charge in [-0.05, 0) is 52.7 Å². The second kappa shape index (κ2) is 5.92. The van der Waals surface area contributed by atoms with Crippen LogP contribution in [0.4, 0.5) is 5.69 Å². The van der Waals surface area contributed by atoms with Crippen LogP contribution in [-0.4, -0.2) is 19.3 Å². The molecule has 0 aliphatic rings. The number of sulfonamides is 1. The first kappa shape index (κ1) is 15.6. The van der Waals surface area contributed by atoms with Crippen molar-refractivity contribution >= 4 is 37.5 Å². The summed E-state index contributed by atoms with van der Waals surface area (Å²) in [6.07, 6.45) is 1.55. The van der Waals surface area contributed by atoms with Crippen molar-refractivity contribution < 1.29 is 13.2 Å². The van der Waals surface area contributed by atoms with E-state index in [1.54, 1.807) is 31.3 Å². The Morgan fingerprint density at radius 1 is 1.29 bits per heavy atom. The van der Waals surface area contributed by atoms with E-state index >= 15 is 0 Å². The first-order valence-corrected chi connectivity index (χ1v) is 8.19. The summed E-state index contributed by atoms with van der Waals surface area (Å²) in [4.78, 5) is 16.1. The molecule has 0 aliphatic carbocycles. The minimum atomic E-state index is -3.84. The van der Waals surface area contributed by atoms with E-state index in [1.807, 2.05) is 0 Å². The van der Waals surface area contributed by atoms with Gasteiger partial charge in [-0.1, -0.05) is 6.07 Å². The number of halogens is 1. The highest BCUT2D eigenvalue weighted by Gasteiger charge is 2.16. The second-order valence-electron chi connectivity index (χ2n) is 4.27. The fourth-order valence-corrected chi connectivity index (χ4v) is 3.04. The Morgan fingerprint density at radius 3 is 2.62 bits per heavy atom. The van der Waals surface area contributed by atoms with E-state index in [4.69, 9.17) is 5.14 Å². The van der Waals surface area contributed by atoms with Gasteiger partial charge in [0.25, 0.3) is 5.91 Å². The Hall–Kier alpha value is -1.77. The van der Waals surface area contributed by atoms with E-state index in [1.165, 1.54) is 12.1 Å². The van der Waals surface area contributed by atoms with Crippen LogP contribution in [0.15, 0.2) is 46.0 Å². The summed E-state index contributed by atoms with van der Waals surface area (Å²) in [5.41, 5.74) is 1.11. The van der Waals surface area contributed by atoms with Gasteiger partial charge in [0.15, 0.2) is 0 Å². The molecule has 1 amide bonds. The standard InChI is InChI=1S/C13H12BrN3O3S/c1-8-10(5-2-6-11(8)21(15,19)20)17-13(18)9-4-3-7-16-12(9)14/h2-7H,1H3,(H,17,18)(H2,15,19,20). The van der Waals surface area contributed by atoms with Crippen LogP contribution in [0, 0.1) is 6.92 Å². The lowest BCUT2D eigenvalue weighted by Gasteiger charge is -2.11. The van der Waals surface area contributed by atoms with Crippen LogP contribution < -0.4 is 10.5 Å². The molecule has 8 heteroatoms. The molecule has 1 aromatic carbocycles. The van der Waals surface area contributed by atoms with Crippen molar-refractivity contribution in [3.8, 4) is 0 Å². The van der Waals surface area contributed by atoms with Gasteiger partial charge >= 0.3 is 0 Å². The molecule has 0 saturated heterocycles. The number of amides is 1. The molecular weight excluding hydrogens is 358 g/mol. The molecule has 21 heavy (non-hydrogen) atoms. The molecule has 0 spiro atoms. The fourth-order valence-electron chi connectivity index (χ4n) is 1.80. The molecule has 1 heterocycles. The summed E-state index contributed by atoms with van der Waals surface area (Å²) in [6.45, 7) is 1.58. The number of benzene rings is 1. The molecule has 0 aliphatic heterocycles. The van der Waals surface area contributed by atoms with Crippen LogP contribution in [0.2, 0.25) is 0 Å². The van der Waals surface area contributed by atoms with E-state index in [9.17, 15) is 13.2 Å².